The molecule has 0 radical (unpaired) electrons. The minimum Gasteiger partial charge on any atom is -0.506 e. The highest BCUT2D eigenvalue weighted by molar-refractivity contribution is 7.89. The van der Waals surface area contributed by atoms with Gasteiger partial charge in [-0.25, -0.2) is 21.6 Å². The van der Waals surface area contributed by atoms with Crippen LogP contribution in [0.25, 0.3) is 10.9 Å². The summed E-state index contributed by atoms with van der Waals surface area (Å²) in [5.41, 5.74) is 0.946. The van der Waals surface area contributed by atoms with Crippen LogP contribution in [0.15, 0.2) is 58.5 Å². The average molecular weight is 621 g/mol. The molecule has 2 atom stereocenters. The van der Waals surface area contributed by atoms with Gasteiger partial charge in [-0.15, -0.1) is 0 Å². The van der Waals surface area contributed by atoms with Crippen LogP contribution in [0, 0.1) is 6.92 Å². The third-order valence-electron chi connectivity index (χ3n) is 7.97. The van der Waals surface area contributed by atoms with Gasteiger partial charge < -0.3 is 25.0 Å². The molecule has 12 nitrogen and oxygen atoms in total. The van der Waals surface area contributed by atoms with Crippen molar-refractivity contribution >= 4 is 30.9 Å². The molecule has 1 unspecified atom stereocenters. The van der Waals surface area contributed by atoms with Crippen LogP contribution in [0.3, 0.4) is 0 Å². The third-order valence-corrected chi connectivity index (χ3v) is 11.3. The largest absolute Gasteiger partial charge is 0.506 e. The van der Waals surface area contributed by atoms with E-state index in [-0.39, 0.29) is 47.8 Å². The Morgan fingerprint density at radius 2 is 1.90 bits per heavy atom. The average Bonchev–Trinajstić information content (AvgIpc) is 3.37. The van der Waals surface area contributed by atoms with Crippen LogP contribution in [-0.4, -0.2) is 94.0 Å². The Labute approximate surface area is 245 Å². The molecule has 0 aliphatic carbocycles. The van der Waals surface area contributed by atoms with Crippen molar-refractivity contribution < 1.29 is 36.5 Å². The van der Waals surface area contributed by atoms with E-state index in [4.69, 9.17) is 9.47 Å². The van der Waals surface area contributed by atoms with Crippen molar-refractivity contribution in [1.29, 1.82) is 0 Å². The lowest BCUT2D eigenvalue weighted by Gasteiger charge is -2.38. The van der Waals surface area contributed by atoms with E-state index in [0.717, 1.165) is 5.56 Å². The third kappa shape index (κ3) is 6.25. The summed E-state index contributed by atoms with van der Waals surface area (Å²) < 4.78 is 66.2. The molecule has 1 spiro atoms. The molecule has 2 fully saturated rings. The molecule has 2 saturated heterocycles. The first-order valence-electron chi connectivity index (χ1n) is 13.7. The molecule has 2 aliphatic rings. The Kier molecular flexibility index (Phi) is 8.77. The first-order chi connectivity index (χ1) is 19.9. The second-order valence-electron chi connectivity index (χ2n) is 10.8. The number of benzene rings is 2. The van der Waals surface area contributed by atoms with Crippen molar-refractivity contribution in [2.75, 3.05) is 39.9 Å². The molecule has 2 aliphatic heterocycles. The molecule has 4 N–H and O–H groups in total. The Balaban J connectivity index is 1.12. The molecule has 42 heavy (non-hydrogen) atoms. The maximum Gasteiger partial charge on any atom is 0.248 e. The Hall–Kier alpha value is -2.85. The highest BCUT2D eigenvalue weighted by Crippen LogP contribution is 2.39. The molecule has 5 rings (SSSR count). The maximum atomic E-state index is 13.4. The van der Waals surface area contributed by atoms with Gasteiger partial charge >= 0.3 is 0 Å². The normalized spacial score (nSPS) is 20.2. The minimum atomic E-state index is -3.95. The van der Waals surface area contributed by atoms with Crippen LogP contribution in [0.1, 0.15) is 24.8 Å². The molecule has 14 heteroatoms. The number of nitrogens with zero attached hydrogens (tertiary/aromatic N) is 2. The quantitative estimate of drug-likeness (QED) is 0.261. The van der Waals surface area contributed by atoms with Crippen LogP contribution < -0.4 is 14.8 Å². The number of fused-ring (bicyclic) bond motifs is 1. The molecule has 228 valence electrons. The number of ether oxygens (including phenoxy) is 2. The zero-order valence-corrected chi connectivity index (χ0v) is 25.1. The molecule has 3 heterocycles. The van der Waals surface area contributed by atoms with Crippen molar-refractivity contribution in [2.45, 2.75) is 53.7 Å². The fourth-order valence-electron chi connectivity index (χ4n) is 5.53. The van der Waals surface area contributed by atoms with E-state index >= 15 is 0 Å². The van der Waals surface area contributed by atoms with Gasteiger partial charge in [0.05, 0.1) is 28.8 Å². The first kappa shape index (κ1) is 30.6. The lowest BCUT2D eigenvalue weighted by atomic mass is 9.88. The van der Waals surface area contributed by atoms with Crippen LogP contribution >= 0.6 is 0 Å². The number of piperidine rings is 1. The SMILES string of the molecule is CNS(=O)(=O)c1cccc(OC[C@@H](O)CNC2COC3(CCN(S(=O)(=O)c4cnc5c(C)cccc5c4O)CC3)C2)c1. The van der Waals surface area contributed by atoms with Gasteiger partial charge in [0.15, 0.2) is 0 Å². The van der Waals surface area contributed by atoms with E-state index in [1.807, 2.05) is 13.0 Å². The molecule has 1 aromatic heterocycles. The lowest BCUT2D eigenvalue weighted by Crippen LogP contribution is -2.47. The summed E-state index contributed by atoms with van der Waals surface area (Å²) in [6, 6.07) is 11.3. The van der Waals surface area contributed by atoms with E-state index in [9.17, 15) is 27.0 Å². The summed E-state index contributed by atoms with van der Waals surface area (Å²) in [6.07, 6.45) is 2.06. The zero-order chi connectivity index (χ0) is 30.1. The molecule has 3 aromatic rings. The molecular formula is C28H36N4O8S2. The summed E-state index contributed by atoms with van der Waals surface area (Å²) in [5, 5.41) is 24.9. The molecular weight excluding hydrogens is 584 g/mol. The summed E-state index contributed by atoms with van der Waals surface area (Å²) in [7, 11) is -6.22. The fourth-order valence-corrected chi connectivity index (χ4v) is 7.77. The maximum absolute atomic E-state index is 13.4. The first-order valence-corrected chi connectivity index (χ1v) is 16.7. The van der Waals surface area contributed by atoms with Crippen LogP contribution in [0.5, 0.6) is 11.5 Å². The number of hydrogen-bond acceptors (Lipinski definition) is 10. The minimum absolute atomic E-state index is 0.0242. The van der Waals surface area contributed by atoms with Gasteiger partial charge in [-0.2, -0.15) is 4.31 Å². The smallest absolute Gasteiger partial charge is 0.248 e. The van der Waals surface area contributed by atoms with Gasteiger partial charge in [0.1, 0.15) is 29.1 Å². The standard InChI is InChI=1S/C28H36N4O8S2/c1-19-5-3-8-24-26(19)31-16-25(27(24)34)42(37,38)32-11-9-28(10-12-32)14-20(17-40-28)30-15-21(33)18-39-22-6-4-7-23(13-22)41(35,36)29-2/h3-8,13,16,20-21,29-30,33H,9-12,14-15,17-18H2,1-2H3,(H,31,34)/t20?,21-/m0/s1. The Bertz CT molecular complexity index is 1660. The molecule has 0 amide bonds. The molecule has 0 bridgehead atoms. The monoisotopic (exact) mass is 620 g/mol. The van der Waals surface area contributed by atoms with Crippen molar-refractivity contribution in [3.8, 4) is 11.5 Å². The number of aromatic nitrogens is 1. The van der Waals surface area contributed by atoms with Crippen molar-refractivity contribution in [3.63, 3.8) is 0 Å². The number of pyridine rings is 1. The number of nitrogens with one attached hydrogen (secondary N) is 2. The lowest BCUT2D eigenvalue weighted by molar-refractivity contribution is -0.0312. The van der Waals surface area contributed by atoms with Gasteiger partial charge in [-0.05, 0) is 57.0 Å². The van der Waals surface area contributed by atoms with Crippen molar-refractivity contribution in [1.82, 2.24) is 19.3 Å². The van der Waals surface area contributed by atoms with Crippen LogP contribution in [0.2, 0.25) is 0 Å². The van der Waals surface area contributed by atoms with Crippen LogP contribution in [0.4, 0.5) is 0 Å². The Morgan fingerprint density at radius 3 is 2.64 bits per heavy atom. The highest BCUT2D eigenvalue weighted by atomic mass is 32.2. The summed E-state index contributed by atoms with van der Waals surface area (Å²) >= 11 is 0. The number of hydrogen-bond donors (Lipinski definition) is 4. The van der Waals surface area contributed by atoms with Gasteiger partial charge in [-0.3, -0.25) is 4.98 Å². The Morgan fingerprint density at radius 1 is 1.17 bits per heavy atom. The number of rotatable bonds is 10. The number of aromatic hydroxyl groups is 1. The predicted molar refractivity (Wildman–Crippen MR) is 155 cm³/mol. The van der Waals surface area contributed by atoms with Gasteiger partial charge in [-0.1, -0.05) is 18.2 Å². The van der Waals surface area contributed by atoms with Crippen LogP contribution in [-0.2, 0) is 24.8 Å². The number of sulfonamides is 2. The summed E-state index contributed by atoms with van der Waals surface area (Å²) in [5.74, 6) is 0.0433. The summed E-state index contributed by atoms with van der Waals surface area (Å²) in [6.45, 7) is 2.99. The fraction of sp³-hybridized carbons (Fsp3) is 0.464. The number of aliphatic hydroxyl groups is 1. The van der Waals surface area contributed by atoms with E-state index < -0.39 is 31.8 Å². The molecule has 0 saturated carbocycles. The van der Waals surface area contributed by atoms with E-state index in [0.29, 0.717) is 42.5 Å². The highest BCUT2D eigenvalue weighted by Gasteiger charge is 2.45. The van der Waals surface area contributed by atoms with E-state index in [1.165, 1.54) is 29.7 Å². The van der Waals surface area contributed by atoms with Gasteiger partial charge in [0, 0.05) is 37.1 Å². The van der Waals surface area contributed by atoms with Crippen molar-refractivity contribution in [3.05, 3.63) is 54.2 Å². The number of aliphatic hydroxyl groups excluding tert-OH is 1. The van der Waals surface area contributed by atoms with Gasteiger partial charge in [0.25, 0.3) is 0 Å². The second-order valence-corrected chi connectivity index (χ2v) is 14.6. The van der Waals surface area contributed by atoms with Crippen molar-refractivity contribution in [2.24, 2.45) is 0 Å². The molecule has 2 aromatic carbocycles. The number of para-hydroxylation sites is 1. The zero-order valence-electron chi connectivity index (χ0n) is 23.5. The van der Waals surface area contributed by atoms with E-state index in [1.54, 1.807) is 24.3 Å². The predicted octanol–water partition coefficient (Wildman–Crippen LogP) is 1.50. The van der Waals surface area contributed by atoms with E-state index in [2.05, 4.69) is 15.0 Å². The summed E-state index contributed by atoms with van der Waals surface area (Å²) in [4.78, 5) is 4.18. The number of aryl methyl sites for hydroxylation is 1. The topological polar surface area (TPSA) is 167 Å². The van der Waals surface area contributed by atoms with Gasteiger partial charge in [0.2, 0.25) is 20.0 Å². The second kappa shape index (κ2) is 12.0.